The van der Waals surface area contributed by atoms with Gasteiger partial charge < -0.3 is 5.32 Å². The zero-order valence-electron chi connectivity index (χ0n) is 12.9. The van der Waals surface area contributed by atoms with E-state index in [2.05, 4.69) is 10.3 Å². The molecule has 4 heteroatoms. The zero-order chi connectivity index (χ0) is 15.0. The van der Waals surface area contributed by atoms with Crippen LogP contribution in [0.25, 0.3) is 10.9 Å². The molecule has 1 aliphatic heterocycles. The average molecular weight is 297 g/mol. The fourth-order valence-corrected chi connectivity index (χ4v) is 4.49. The molecular weight excluding hydrogens is 274 g/mol. The van der Waals surface area contributed by atoms with Crippen LogP contribution in [-0.4, -0.2) is 22.6 Å². The Bertz CT molecular complexity index is 730. The van der Waals surface area contributed by atoms with Gasteiger partial charge in [-0.15, -0.1) is 0 Å². The molecule has 22 heavy (non-hydrogen) atoms. The minimum Gasteiger partial charge on any atom is -0.316 e. The summed E-state index contributed by atoms with van der Waals surface area (Å²) in [6.07, 6.45) is 8.20. The van der Waals surface area contributed by atoms with E-state index in [0.29, 0.717) is 11.3 Å². The van der Waals surface area contributed by atoms with Crippen molar-refractivity contribution in [3.05, 3.63) is 40.9 Å². The first kappa shape index (κ1) is 13.9. The van der Waals surface area contributed by atoms with E-state index in [0.717, 1.165) is 30.5 Å². The van der Waals surface area contributed by atoms with Crippen LogP contribution in [0.5, 0.6) is 0 Å². The van der Waals surface area contributed by atoms with Gasteiger partial charge in [0.2, 0.25) is 0 Å². The lowest BCUT2D eigenvalue weighted by Gasteiger charge is -2.42. The van der Waals surface area contributed by atoms with Gasteiger partial charge in [0.1, 0.15) is 0 Å². The highest BCUT2D eigenvalue weighted by atomic mass is 16.1. The van der Waals surface area contributed by atoms with Gasteiger partial charge in [0.05, 0.1) is 17.2 Å². The van der Waals surface area contributed by atoms with E-state index >= 15 is 0 Å². The number of nitrogens with zero attached hydrogens (tertiary/aromatic N) is 2. The molecule has 2 fully saturated rings. The van der Waals surface area contributed by atoms with E-state index in [1.54, 1.807) is 6.33 Å². The maximum Gasteiger partial charge on any atom is 0.261 e. The molecule has 1 aliphatic carbocycles. The molecule has 116 valence electrons. The number of nitrogens with one attached hydrogen (secondary N) is 1. The normalized spacial score (nSPS) is 24.1. The molecule has 0 unspecified atom stereocenters. The van der Waals surface area contributed by atoms with Gasteiger partial charge in [0.25, 0.3) is 5.56 Å². The highest BCUT2D eigenvalue weighted by molar-refractivity contribution is 5.76. The molecule has 2 aliphatic rings. The van der Waals surface area contributed by atoms with Gasteiger partial charge in [0.15, 0.2) is 0 Å². The van der Waals surface area contributed by atoms with E-state index in [1.165, 1.54) is 32.1 Å². The van der Waals surface area contributed by atoms with Gasteiger partial charge in [-0.1, -0.05) is 25.0 Å². The van der Waals surface area contributed by atoms with Crippen LogP contribution in [0.2, 0.25) is 0 Å². The van der Waals surface area contributed by atoms with E-state index in [1.807, 2.05) is 28.8 Å². The first-order chi connectivity index (χ1) is 10.8. The van der Waals surface area contributed by atoms with Gasteiger partial charge in [-0.05, 0) is 49.3 Å². The number of fused-ring (bicyclic) bond motifs is 1. The summed E-state index contributed by atoms with van der Waals surface area (Å²) in [7, 11) is 0. The third-order valence-electron chi connectivity index (χ3n) is 5.76. The molecule has 1 saturated carbocycles. The summed E-state index contributed by atoms with van der Waals surface area (Å²) in [5.41, 5.74) is 1.31. The number of rotatable bonds is 2. The molecule has 1 saturated heterocycles. The van der Waals surface area contributed by atoms with Crippen LogP contribution >= 0.6 is 0 Å². The van der Waals surface area contributed by atoms with Gasteiger partial charge in [-0.3, -0.25) is 9.36 Å². The molecule has 1 N–H and O–H groups in total. The molecule has 2 aromatic rings. The number of piperidine rings is 1. The van der Waals surface area contributed by atoms with E-state index in [4.69, 9.17) is 0 Å². The smallest absolute Gasteiger partial charge is 0.261 e. The third-order valence-corrected chi connectivity index (χ3v) is 5.76. The first-order valence-electron chi connectivity index (χ1n) is 8.43. The van der Waals surface area contributed by atoms with Crippen LogP contribution in [0, 0.1) is 11.3 Å². The maximum atomic E-state index is 12.7. The average Bonchev–Trinajstić information content (AvgIpc) is 3.02. The minimum absolute atomic E-state index is 0.109. The number of aromatic nitrogens is 2. The summed E-state index contributed by atoms with van der Waals surface area (Å²) < 4.78 is 1.85. The molecule has 0 radical (unpaired) electrons. The fourth-order valence-electron chi connectivity index (χ4n) is 4.49. The predicted octanol–water partition coefficient (Wildman–Crippen LogP) is 2.57. The zero-order valence-corrected chi connectivity index (χ0v) is 12.9. The van der Waals surface area contributed by atoms with Crippen molar-refractivity contribution < 1.29 is 0 Å². The number of hydrogen-bond donors (Lipinski definition) is 1. The molecule has 1 atom stereocenters. The Labute approximate surface area is 130 Å². The Morgan fingerprint density at radius 2 is 2.09 bits per heavy atom. The first-order valence-corrected chi connectivity index (χ1v) is 8.43. The molecule has 1 spiro atoms. The van der Waals surface area contributed by atoms with E-state index in [9.17, 15) is 4.79 Å². The van der Waals surface area contributed by atoms with Crippen molar-refractivity contribution in [2.75, 3.05) is 13.1 Å². The fraction of sp³-hybridized carbons (Fsp3) is 0.556. The second kappa shape index (κ2) is 5.51. The Morgan fingerprint density at radius 3 is 2.95 bits per heavy atom. The molecule has 0 bridgehead atoms. The van der Waals surface area contributed by atoms with Crippen molar-refractivity contribution in [3.63, 3.8) is 0 Å². The van der Waals surface area contributed by atoms with Crippen LogP contribution < -0.4 is 10.9 Å². The molecule has 4 nitrogen and oxygen atoms in total. The number of benzene rings is 1. The summed E-state index contributed by atoms with van der Waals surface area (Å²) >= 11 is 0. The Hall–Kier alpha value is -1.68. The predicted molar refractivity (Wildman–Crippen MR) is 87.9 cm³/mol. The van der Waals surface area contributed by atoms with Gasteiger partial charge in [-0.25, -0.2) is 4.98 Å². The van der Waals surface area contributed by atoms with Crippen LogP contribution in [0.15, 0.2) is 35.4 Å². The van der Waals surface area contributed by atoms with Crippen molar-refractivity contribution in [1.82, 2.24) is 14.9 Å². The maximum absolute atomic E-state index is 12.7. The van der Waals surface area contributed by atoms with Crippen molar-refractivity contribution in [2.24, 2.45) is 11.3 Å². The highest BCUT2D eigenvalue weighted by Gasteiger charge is 2.42. The number of para-hydroxylation sites is 1. The summed E-state index contributed by atoms with van der Waals surface area (Å²) in [4.78, 5) is 17.2. The standard InChI is InChI=1S/C18H23N3O/c22-17-15-5-1-2-6-16(15)20-13-21(17)11-14-7-10-19-12-18(14)8-3-4-9-18/h1-2,5-6,13-14,19H,3-4,7-12H2/t14-/m0/s1. The van der Waals surface area contributed by atoms with Crippen LogP contribution in [0.1, 0.15) is 32.1 Å². The summed E-state index contributed by atoms with van der Waals surface area (Å²) in [6, 6.07) is 7.64. The SMILES string of the molecule is O=c1c2ccccc2ncn1C[C@@H]1CCNCC12CCCC2. The van der Waals surface area contributed by atoms with Crippen molar-refractivity contribution in [2.45, 2.75) is 38.6 Å². The summed E-state index contributed by atoms with van der Waals surface area (Å²) in [5, 5.41) is 4.31. The lowest BCUT2D eigenvalue weighted by Crippen LogP contribution is -2.47. The largest absolute Gasteiger partial charge is 0.316 e. The Balaban J connectivity index is 1.68. The second-order valence-electron chi connectivity index (χ2n) is 6.95. The van der Waals surface area contributed by atoms with Crippen LogP contribution in [0.4, 0.5) is 0 Å². The van der Waals surface area contributed by atoms with Gasteiger partial charge >= 0.3 is 0 Å². The topological polar surface area (TPSA) is 46.9 Å². The van der Waals surface area contributed by atoms with Crippen LogP contribution in [-0.2, 0) is 6.54 Å². The van der Waals surface area contributed by atoms with E-state index < -0.39 is 0 Å². The van der Waals surface area contributed by atoms with Gasteiger partial charge in [0, 0.05) is 13.1 Å². The Morgan fingerprint density at radius 1 is 1.27 bits per heavy atom. The molecule has 4 rings (SSSR count). The lowest BCUT2D eigenvalue weighted by atomic mass is 9.70. The summed E-state index contributed by atoms with van der Waals surface area (Å²) in [5.74, 6) is 0.594. The van der Waals surface area contributed by atoms with E-state index in [-0.39, 0.29) is 5.56 Å². The minimum atomic E-state index is 0.109. The molecule has 2 heterocycles. The van der Waals surface area contributed by atoms with Gasteiger partial charge in [-0.2, -0.15) is 0 Å². The molecular formula is C18H23N3O. The highest BCUT2D eigenvalue weighted by Crippen LogP contribution is 2.47. The van der Waals surface area contributed by atoms with Crippen LogP contribution in [0.3, 0.4) is 0 Å². The Kier molecular flexibility index (Phi) is 3.49. The second-order valence-corrected chi connectivity index (χ2v) is 6.95. The molecule has 1 aromatic heterocycles. The molecule has 1 aromatic carbocycles. The van der Waals surface area contributed by atoms with Crippen molar-refractivity contribution in [1.29, 1.82) is 0 Å². The lowest BCUT2D eigenvalue weighted by molar-refractivity contribution is 0.101. The monoisotopic (exact) mass is 297 g/mol. The van der Waals surface area contributed by atoms with Crippen molar-refractivity contribution in [3.8, 4) is 0 Å². The quantitative estimate of drug-likeness (QED) is 0.926. The molecule has 0 amide bonds. The number of hydrogen-bond acceptors (Lipinski definition) is 3. The third kappa shape index (κ3) is 2.26. The summed E-state index contributed by atoms with van der Waals surface area (Å²) in [6.45, 7) is 3.01. The van der Waals surface area contributed by atoms with Crippen molar-refractivity contribution >= 4 is 10.9 Å².